The van der Waals surface area contributed by atoms with Gasteiger partial charge in [-0.2, -0.15) is 0 Å². The van der Waals surface area contributed by atoms with Crippen LogP contribution in [-0.4, -0.2) is 34.7 Å². The number of amides is 3. The normalized spacial score (nSPS) is 21.1. The van der Waals surface area contributed by atoms with Gasteiger partial charge in [0.2, 0.25) is 17.7 Å². The van der Waals surface area contributed by atoms with Crippen LogP contribution in [0.25, 0.3) is 0 Å². The summed E-state index contributed by atoms with van der Waals surface area (Å²) in [5, 5.41) is 0. The topological polar surface area (TPSA) is 106 Å². The van der Waals surface area contributed by atoms with E-state index in [1.807, 2.05) is 0 Å². The third-order valence-electron chi connectivity index (χ3n) is 2.35. The van der Waals surface area contributed by atoms with Gasteiger partial charge in [-0.05, 0) is 6.92 Å². The van der Waals surface area contributed by atoms with Crippen molar-refractivity contribution in [1.82, 2.24) is 4.90 Å². The molecule has 4 N–H and O–H groups in total. The van der Waals surface area contributed by atoms with Crippen LogP contribution in [0.2, 0.25) is 0 Å². The van der Waals surface area contributed by atoms with E-state index in [-0.39, 0.29) is 24.7 Å². The lowest BCUT2D eigenvalue weighted by atomic mass is 10.1. The van der Waals surface area contributed by atoms with Gasteiger partial charge in [-0.3, -0.25) is 19.3 Å². The number of rotatable bonds is 3. The molecule has 3 amide bonds. The van der Waals surface area contributed by atoms with Crippen LogP contribution in [0.1, 0.15) is 19.8 Å². The first-order valence-electron chi connectivity index (χ1n) is 4.35. The Bertz CT molecular complexity index is 274. The number of imide groups is 1. The SMILES string of the molecule is CC(C(N)C(N)=O)N1C(=O)CCC1=O. The Kier molecular flexibility index (Phi) is 2.85. The summed E-state index contributed by atoms with van der Waals surface area (Å²) in [6.45, 7) is 1.54. The monoisotopic (exact) mass is 199 g/mol. The minimum atomic E-state index is -0.999. The number of hydrogen-bond donors (Lipinski definition) is 2. The maximum atomic E-state index is 11.3. The van der Waals surface area contributed by atoms with Crippen molar-refractivity contribution in [3.63, 3.8) is 0 Å². The van der Waals surface area contributed by atoms with Gasteiger partial charge in [-0.1, -0.05) is 0 Å². The van der Waals surface area contributed by atoms with Gasteiger partial charge in [0.25, 0.3) is 0 Å². The Morgan fingerprint density at radius 3 is 2.14 bits per heavy atom. The average molecular weight is 199 g/mol. The van der Waals surface area contributed by atoms with Gasteiger partial charge in [0.15, 0.2) is 0 Å². The third kappa shape index (κ3) is 1.74. The summed E-state index contributed by atoms with van der Waals surface area (Å²) >= 11 is 0. The van der Waals surface area contributed by atoms with Gasteiger partial charge >= 0.3 is 0 Å². The second-order valence-electron chi connectivity index (χ2n) is 3.33. The smallest absolute Gasteiger partial charge is 0.236 e. The van der Waals surface area contributed by atoms with Crippen molar-refractivity contribution in [2.45, 2.75) is 31.8 Å². The van der Waals surface area contributed by atoms with Gasteiger partial charge in [-0.25, -0.2) is 0 Å². The Hall–Kier alpha value is -1.43. The quantitative estimate of drug-likeness (QED) is 0.530. The highest BCUT2D eigenvalue weighted by molar-refractivity contribution is 6.02. The molecule has 2 unspecified atom stereocenters. The number of likely N-dealkylation sites (tertiary alicyclic amines) is 1. The highest BCUT2D eigenvalue weighted by Crippen LogP contribution is 2.16. The van der Waals surface area contributed by atoms with Crippen molar-refractivity contribution in [2.75, 3.05) is 0 Å². The first-order chi connectivity index (χ1) is 6.45. The largest absolute Gasteiger partial charge is 0.368 e. The number of nitrogens with zero attached hydrogens (tertiary/aromatic N) is 1. The summed E-state index contributed by atoms with van der Waals surface area (Å²) in [7, 11) is 0. The Morgan fingerprint density at radius 2 is 1.79 bits per heavy atom. The Balaban J connectivity index is 2.77. The zero-order valence-electron chi connectivity index (χ0n) is 7.90. The molecule has 1 rings (SSSR count). The van der Waals surface area contributed by atoms with Crippen molar-refractivity contribution in [3.8, 4) is 0 Å². The fourth-order valence-electron chi connectivity index (χ4n) is 1.45. The van der Waals surface area contributed by atoms with Gasteiger partial charge in [0.1, 0.15) is 6.04 Å². The van der Waals surface area contributed by atoms with E-state index in [9.17, 15) is 14.4 Å². The highest BCUT2D eigenvalue weighted by atomic mass is 16.2. The highest BCUT2D eigenvalue weighted by Gasteiger charge is 2.36. The van der Waals surface area contributed by atoms with Crippen LogP contribution in [0.3, 0.4) is 0 Å². The molecule has 0 aromatic carbocycles. The molecule has 0 aromatic heterocycles. The van der Waals surface area contributed by atoms with E-state index in [4.69, 9.17) is 11.5 Å². The third-order valence-corrected chi connectivity index (χ3v) is 2.35. The molecule has 0 spiro atoms. The fraction of sp³-hybridized carbons (Fsp3) is 0.625. The maximum absolute atomic E-state index is 11.3. The molecule has 0 bridgehead atoms. The molecule has 1 aliphatic heterocycles. The minimum Gasteiger partial charge on any atom is -0.368 e. The fourth-order valence-corrected chi connectivity index (χ4v) is 1.45. The summed E-state index contributed by atoms with van der Waals surface area (Å²) in [5.41, 5.74) is 10.4. The van der Waals surface area contributed by atoms with Crippen molar-refractivity contribution in [1.29, 1.82) is 0 Å². The second-order valence-corrected chi connectivity index (χ2v) is 3.33. The predicted octanol–water partition coefficient (Wildman–Crippen LogP) is -1.66. The first-order valence-corrected chi connectivity index (χ1v) is 4.35. The van der Waals surface area contributed by atoms with Gasteiger partial charge in [0.05, 0.1) is 6.04 Å². The lowest BCUT2D eigenvalue weighted by molar-refractivity contribution is -0.141. The molecular weight excluding hydrogens is 186 g/mol. The second kappa shape index (κ2) is 3.75. The van der Waals surface area contributed by atoms with E-state index in [0.29, 0.717) is 0 Å². The van der Waals surface area contributed by atoms with Crippen molar-refractivity contribution in [3.05, 3.63) is 0 Å². The van der Waals surface area contributed by atoms with E-state index in [0.717, 1.165) is 4.90 Å². The molecule has 6 nitrogen and oxygen atoms in total. The predicted molar refractivity (Wildman–Crippen MR) is 47.7 cm³/mol. The molecule has 2 atom stereocenters. The molecule has 0 saturated carbocycles. The lowest BCUT2D eigenvalue weighted by Crippen LogP contribution is -2.54. The van der Waals surface area contributed by atoms with Crippen LogP contribution in [0.5, 0.6) is 0 Å². The summed E-state index contributed by atoms with van der Waals surface area (Å²) in [6, 6.07) is -1.66. The molecule has 14 heavy (non-hydrogen) atoms. The molecule has 78 valence electrons. The van der Waals surface area contributed by atoms with Gasteiger partial charge in [0, 0.05) is 12.8 Å². The van der Waals surface area contributed by atoms with Crippen LogP contribution in [0.15, 0.2) is 0 Å². The number of carbonyl (C=O) groups is 3. The van der Waals surface area contributed by atoms with Crippen molar-refractivity contribution < 1.29 is 14.4 Å². The average Bonchev–Trinajstić information content (AvgIpc) is 2.44. The molecule has 6 heteroatoms. The Labute approximate surface area is 81.2 Å². The minimum absolute atomic E-state index is 0.189. The van der Waals surface area contributed by atoms with Crippen LogP contribution in [0.4, 0.5) is 0 Å². The van der Waals surface area contributed by atoms with Crippen LogP contribution in [-0.2, 0) is 14.4 Å². The molecule has 1 heterocycles. The van der Waals surface area contributed by atoms with E-state index >= 15 is 0 Å². The molecule has 0 aromatic rings. The molecule has 1 fully saturated rings. The van der Waals surface area contributed by atoms with Gasteiger partial charge < -0.3 is 11.5 Å². The summed E-state index contributed by atoms with van der Waals surface area (Å²) in [6.07, 6.45) is 0.378. The standard InChI is InChI=1S/C8H13N3O3/c1-4(7(9)8(10)14)11-5(12)2-3-6(11)13/h4,7H,2-3,9H2,1H3,(H2,10,14). The maximum Gasteiger partial charge on any atom is 0.236 e. The zero-order chi connectivity index (χ0) is 10.9. The Morgan fingerprint density at radius 1 is 1.36 bits per heavy atom. The lowest BCUT2D eigenvalue weighted by Gasteiger charge is -2.25. The van der Waals surface area contributed by atoms with Gasteiger partial charge in [-0.15, -0.1) is 0 Å². The number of carbonyl (C=O) groups excluding carboxylic acids is 3. The zero-order valence-corrected chi connectivity index (χ0v) is 7.90. The molecular formula is C8H13N3O3. The molecule has 0 radical (unpaired) electrons. The number of hydrogen-bond acceptors (Lipinski definition) is 4. The van der Waals surface area contributed by atoms with E-state index < -0.39 is 18.0 Å². The van der Waals surface area contributed by atoms with Crippen LogP contribution >= 0.6 is 0 Å². The van der Waals surface area contributed by atoms with Crippen LogP contribution in [0, 0.1) is 0 Å². The van der Waals surface area contributed by atoms with E-state index in [2.05, 4.69) is 0 Å². The number of nitrogens with two attached hydrogens (primary N) is 2. The van der Waals surface area contributed by atoms with E-state index in [1.54, 1.807) is 0 Å². The summed E-state index contributed by atoms with van der Waals surface area (Å²) in [4.78, 5) is 34.3. The summed E-state index contributed by atoms with van der Waals surface area (Å²) < 4.78 is 0. The molecule has 1 saturated heterocycles. The van der Waals surface area contributed by atoms with E-state index in [1.165, 1.54) is 6.92 Å². The molecule has 0 aliphatic carbocycles. The van der Waals surface area contributed by atoms with Crippen LogP contribution < -0.4 is 11.5 Å². The number of primary amides is 1. The summed E-state index contributed by atoms with van der Waals surface area (Å²) in [5.74, 6) is -1.30. The van der Waals surface area contributed by atoms with Crippen molar-refractivity contribution >= 4 is 17.7 Å². The first kappa shape index (κ1) is 10.6. The molecule has 1 aliphatic rings. The van der Waals surface area contributed by atoms with Crippen molar-refractivity contribution in [2.24, 2.45) is 11.5 Å².